The monoisotopic (exact) mass is 276 g/mol. The van der Waals surface area contributed by atoms with E-state index in [1.54, 1.807) is 0 Å². The maximum Gasteiger partial charge on any atom is 0.317 e. The van der Waals surface area contributed by atoms with Gasteiger partial charge in [-0.1, -0.05) is 24.3 Å². The molecule has 0 aromatic heterocycles. The molecule has 1 aliphatic rings. The van der Waals surface area contributed by atoms with Gasteiger partial charge in [0.2, 0.25) is 0 Å². The standard InChI is InChI=1S/C15H20N2O3/c1-2-17(8-7-14(18)19)15(20)16-13-9-11-5-3-4-6-12(11)10-13/h3-6,13H,2,7-10H2,1H3,(H,16,20)(H,18,19). The number of amides is 2. The number of carbonyl (C=O) groups excluding carboxylic acids is 1. The Bertz CT molecular complexity index is 477. The van der Waals surface area contributed by atoms with Crippen LogP contribution in [0.4, 0.5) is 4.79 Å². The maximum atomic E-state index is 12.1. The number of hydrogen-bond donors (Lipinski definition) is 2. The zero-order chi connectivity index (χ0) is 14.5. The third kappa shape index (κ3) is 3.50. The highest BCUT2D eigenvalue weighted by atomic mass is 16.4. The quantitative estimate of drug-likeness (QED) is 0.859. The topological polar surface area (TPSA) is 69.6 Å². The van der Waals surface area contributed by atoms with Crippen LogP contribution in [0, 0.1) is 0 Å². The molecule has 1 aliphatic carbocycles. The fourth-order valence-electron chi connectivity index (χ4n) is 2.56. The van der Waals surface area contributed by atoms with Gasteiger partial charge in [-0.2, -0.15) is 0 Å². The van der Waals surface area contributed by atoms with Crippen LogP contribution in [-0.2, 0) is 17.6 Å². The molecule has 2 rings (SSSR count). The highest BCUT2D eigenvalue weighted by molar-refractivity contribution is 5.75. The molecule has 2 amide bonds. The Morgan fingerprint density at radius 3 is 2.40 bits per heavy atom. The molecule has 0 radical (unpaired) electrons. The van der Waals surface area contributed by atoms with Crippen molar-refractivity contribution in [3.05, 3.63) is 35.4 Å². The maximum absolute atomic E-state index is 12.1. The third-order valence-corrected chi connectivity index (χ3v) is 3.64. The van der Waals surface area contributed by atoms with Crippen molar-refractivity contribution < 1.29 is 14.7 Å². The summed E-state index contributed by atoms with van der Waals surface area (Å²) in [6.07, 6.45) is 1.67. The van der Waals surface area contributed by atoms with Crippen LogP contribution >= 0.6 is 0 Å². The lowest BCUT2D eigenvalue weighted by molar-refractivity contribution is -0.137. The van der Waals surface area contributed by atoms with Crippen LogP contribution < -0.4 is 5.32 Å². The Labute approximate surface area is 118 Å². The third-order valence-electron chi connectivity index (χ3n) is 3.64. The van der Waals surface area contributed by atoms with Crippen LogP contribution in [0.25, 0.3) is 0 Å². The summed E-state index contributed by atoms with van der Waals surface area (Å²) < 4.78 is 0. The fraction of sp³-hybridized carbons (Fsp3) is 0.467. The first-order valence-corrected chi connectivity index (χ1v) is 6.94. The van der Waals surface area contributed by atoms with Gasteiger partial charge in [0.25, 0.3) is 0 Å². The summed E-state index contributed by atoms with van der Waals surface area (Å²) in [5.41, 5.74) is 2.57. The first-order chi connectivity index (χ1) is 9.60. The lowest BCUT2D eigenvalue weighted by atomic mass is 10.1. The van der Waals surface area contributed by atoms with Crippen LogP contribution in [0.3, 0.4) is 0 Å². The van der Waals surface area contributed by atoms with Gasteiger partial charge < -0.3 is 15.3 Å². The van der Waals surface area contributed by atoms with E-state index < -0.39 is 5.97 Å². The van der Waals surface area contributed by atoms with Crippen LogP contribution in [0.15, 0.2) is 24.3 Å². The second-order valence-corrected chi connectivity index (χ2v) is 5.05. The smallest absolute Gasteiger partial charge is 0.317 e. The van der Waals surface area contributed by atoms with Gasteiger partial charge in [-0.05, 0) is 30.9 Å². The molecule has 0 bridgehead atoms. The molecule has 0 fully saturated rings. The highest BCUT2D eigenvalue weighted by Gasteiger charge is 2.24. The first kappa shape index (κ1) is 14.4. The van der Waals surface area contributed by atoms with E-state index in [-0.39, 0.29) is 25.0 Å². The number of benzene rings is 1. The average molecular weight is 276 g/mol. The average Bonchev–Trinajstić information content (AvgIpc) is 2.81. The molecule has 0 saturated heterocycles. The number of hydrogen-bond acceptors (Lipinski definition) is 2. The number of fused-ring (bicyclic) bond motifs is 1. The number of carbonyl (C=O) groups is 2. The molecule has 1 aromatic carbocycles. The number of rotatable bonds is 5. The molecule has 5 heteroatoms. The van der Waals surface area contributed by atoms with Crippen LogP contribution in [0.5, 0.6) is 0 Å². The number of carboxylic acid groups (broad SMARTS) is 1. The van der Waals surface area contributed by atoms with Crippen molar-refractivity contribution in [2.75, 3.05) is 13.1 Å². The minimum Gasteiger partial charge on any atom is -0.481 e. The van der Waals surface area contributed by atoms with Crippen LogP contribution in [-0.4, -0.2) is 41.1 Å². The molecular weight excluding hydrogens is 256 g/mol. The van der Waals surface area contributed by atoms with E-state index in [9.17, 15) is 9.59 Å². The minimum atomic E-state index is -0.885. The van der Waals surface area contributed by atoms with E-state index in [4.69, 9.17) is 5.11 Å². The normalized spacial score (nSPS) is 13.8. The molecule has 0 aliphatic heterocycles. The van der Waals surface area contributed by atoms with Gasteiger partial charge >= 0.3 is 12.0 Å². The van der Waals surface area contributed by atoms with Gasteiger partial charge in [-0.3, -0.25) is 4.79 Å². The molecule has 0 heterocycles. The van der Waals surface area contributed by atoms with Gasteiger partial charge in [0.1, 0.15) is 0 Å². The molecule has 108 valence electrons. The molecule has 0 saturated carbocycles. The molecule has 5 nitrogen and oxygen atoms in total. The highest BCUT2D eigenvalue weighted by Crippen LogP contribution is 2.21. The Kier molecular flexibility index (Phi) is 4.61. The van der Waals surface area contributed by atoms with Crippen molar-refractivity contribution in [3.8, 4) is 0 Å². The molecule has 0 unspecified atom stereocenters. The second kappa shape index (κ2) is 6.41. The van der Waals surface area contributed by atoms with Gasteiger partial charge in [0.05, 0.1) is 6.42 Å². The van der Waals surface area contributed by atoms with Crippen molar-refractivity contribution in [1.82, 2.24) is 10.2 Å². The largest absolute Gasteiger partial charge is 0.481 e. The van der Waals surface area contributed by atoms with E-state index in [2.05, 4.69) is 17.4 Å². The van der Waals surface area contributed by atoms with Crippen molar-refractivity contribution in [3.63, 3.8) is 0 Å². The Hall–Kier alpha value is -2.04. The summed E-state index contributed by atoms with van der Waals surface area (Å²) in [4.78, 5) is 24.2. The second-order valence-electron chi connectivity index (χ2n) is 5.05. The lowest BCUT2D eigenvalue weighted by Crippen LogP contribution is -2.45. The van der Waals surface area contributed by atoms with Crippen LogP contribution in [0.2, 0.25) is 0 Å². The number of aliphatic carboxylic acids is 1. The predicted molar refractivity (Wildman–Crippen MR) is 75.7 cm³/mol. The predicted octanol–water partition coefficient (Wildman–Crippen LogP) is 1.66. The number of nitrogens with zero attached hydrogens (tertiary/aromatic N) is 1. The summed E-state index contributed by atoms with van der Waals surface area (Å²) in [6, 6.07) is 8.13. The Morgan fingerprint density at radius 1 is 1.30 bits per heavy atom. The summed E-state index contributed by atoms with van der Waals surface area (Å²) in [5.74, 6) is -0.885. The summed E-state index contributed by atoms with van der Waals surface area (Å²) >= 11 is 0. The van der Waals surface area contributed by atoms with Crippen molar-refractivity contribution in [2.45, 2.75) is 32.2 Å². The zero-order valence-corrected chi connectivity index (χ0v) is 11.6. The number of urea groups is 1. The van der Waals surface area contributed by atoms with E-state index in [0.717, 1.165) is 12.8 Å². The molecule has 1 aromatic rings. The molecule has 0 spiro atoms. The van der Waals surface area contributed by atoms with Gasteiger partial charge in [-0.25, -0.2) is 4.79 Å². The van der Waals surface area contributed by atoms with Crippen molar-refractivity contribution in [1.29, 1.82) is 0 Å². The van der Waals surface area contributed by atoms with Crippen molar-refractivity contribution in [2.24, 2.45) is 0 Å². The van der Waals surface area contributed by atoms with E-state index in [1.807, 2.05) is 19.1 Å². The number of nitrogens with one attached hydrogen (secondary N) is 1. The number of carboxylic acids is 1. The summed E-state index contributed by atoms with van der Waals surface area (Å²) in [5, 5.41) is 11.7. The van der Waals surface area contributed by atoms with Gasteiger partial charge in [0, 0.05) is 19.1 Å². The Morgan fingerprint density at radius 2 is 1.90 bits per heavy atom. The van der Waals surface area contributed by atoms with E-state index in [0.29, 0.717) is 6.54 Å². The molecular formula is C15H20N2O3. The summed E-state index contributed by atoms with van der Waals surface area (Å²) in [7, 11) is 0. The van der Waals surface area contributed by atoms with E-state index >= 15 is 0 Å². The molecule has 2 N–H and O–H groups in total. The molecule has 0 atom stereocenters. The molecule has 20 heavy (non-hydrogen) atoms. The van der Waals surface area contributed by atoms with E-state index in [1.165, 1.54) is 16.0 Å². The van der Waals surface area contributed by atoms with Gasteiger partial charge in [0.15, 0.2) is 0 Å². The van der Waals surface area contributed by atoms with Crippen LogP contribution in [0.1, 0.15) is 24.5 Å². The Balaban J connectivity index is 1.87. The zero-order valence-electron chi connectivity index (χ0n) is 11.6. The summed E-state index contributed by atoms with van der Waals surface area (Å²) in [6.45, 7) is 2.61. The SMILES string of the molecule is CCN(CCC(=O)O)C(=O)NC1Cc2ccccc2C1. The fourth-order valence-corrected chi connectivity index (χ4v) is 2.56. The minimum absolute atomic E-state index is 0.0217. The van der Waals surface area contributed by atoms with Gasteiger partial charge in [-0.15, -0.1) is 0 Å². The lowest BCUT2D eigenvalue weighted by Gasteiger charge is -2.23. The van der Waals surface area contributed by atoms with Crippen molar-refractivity contribution >= 4 is 12.0 Å². The first-order valence-electron chi connectivity index (χ1n) is 6.94.